The number of H-pyrrole nitrogens is 1. The van der Waals surface area contributed by atoms with Gasteiger partial charge in [-0.15, -0.1) is 0 Å². The van der Waals surface area contributed by atoms with Crippen molar-refractivity contribution in [1.82, 2.24) is 4.98 Å². The molecule has 23 heavy (non-hydrogen) atoms. The monoisotopic (exact) mass is 320 g/mol. The number of aromatic nitrogens is 1. The van der Waals surface area contributed by atoms with Gasteiger partial charge in [0.25, 0.3) is 0 Å². The van der Waals surface area contributed by atoms with Gasteiger partial charge in [0.1, 0.15) is 31.4 Å². The number of nitrogens with one attached hydrogen (secondary N) is 1. The van der Waals surface area contributed by atoms with Crippen LogP contribution in [0.25, 0.3) is 10.9 Å². The fourth-order valence-corrected chi connectivity index (χ4v) is 4.30. The molecule has 3 rings (SSSR count). The van der Waals surface area contributed by atoms with Gasteiger partial charge in [0.2, 0.25) is 5.91 Å². The highest BCUT2D eigenvalue weighted by molar-refractivity contribution is 6.57. The summed E-state index contributed by atoms with van der Waals surface area (Å²) in [5.41, 5.74) is 11.2. The Morgan fingerprint density at radius 3 is 2.48 bits per heavy atom. The van der Waals surface area contributed by atoms with Crippen molar-refractivity contribution in [1.29, 1.82) is 0 Å². The van der Waals surface area contributed by atoms with Crippen LogP contribution in [-0.2, 0) is 10.0 Å². The summed E-state index contributed by atoms with van der Waals surface area (Å²) >= 11 is 6.45. The Balaban J connectivity index is 2.50. The van der Waals surface area contributed by atoms with Crippen LogP contribution in [0.1, 0.15) is 23.6 Å². The lowest BCUT2D eigenvalue weighted by molar-refractivity contribution is -0.119. The van der Waals surface area contributed by atoms with E-state index >= 15 is 0 Å². The molecule has 2 aromatic rings. The summed E-state index contributed by atoms with van der Waals surface area (Å²) in [5, 5.41) is 1.80. The zero-order chi connectivity index (χ0) is 17.3. The number of nitrogens with two attached hydrogens (primary N) is 1. The van der Waals surface area contributed by atoms with E-state index in [4.69, 9.17) is 17.3 Å². The molecule has 0 saturated heterocycles. The number of halogens is 1. The molecular formula is C13H19B6ClN2O. The second kappa shape index (κ2) is 4.95. The number of benzene rings is 1. The largest absolute Gasteiger partial charge is 0.369 e. The maximum Gasteiger partial charge on any atom is 0.226 e. The molecule has 0 spiro atoms. The molecule has 3 N–H and O–H groups in total. The number of hydrogen-bond acceptors (Lipinski definition) is 1. The van der Waals surface area contributed by atoms with Gasteiger partial charge >= 0.3 is 0 Å². The Bertz CT molecular complexity index is 847. The van der Waals surface area contributed by atoms with Crippen molar-refractivity contribution in [2.75, 3.05) is 0 Å². The van der Waals surface area contributed by atoms with E-state index in [2.05, 4.69) is 44.2 Å². The Labute approximate surface area is 147 Å². The van der Waals surface area contributed by atoms with Crippen LogP contribution in [0.15, 0.2) is 6.07 Å². The highest BCUT2D eigenvalue weighted by atomic mass is 35.5. The maximum atomic E-state index is 12.1. The third-order valence-corrected chi connectivity index (χ3v) is 6.62. The van der Waals surface area contributed by atoms with Crippen molar-refractivity contribution in [3.63, 3.8) is 0 Å². The number of hydrogen-bond donors (Lipinski definition) is 2. The number of primary amides is 1. The molecular weight excluding hydrogens is 300 g/mol. The van der Waals surface area contributed by atoms with E-state index in [1.54, 1.807) is 0 Å². The van der Waals surface area contributed by atoms with Crippen molar-refractivity contribution < 1.29 is 4.79 Å². The summed E-state index contributed by atoms with van der Waals surface area (Å²) in [4.78, 5) is 15.6. The molecule has 1 unspecified atom stereocenters. The van der Waals surface area contributed by atoms with Crippen molar-refractivity contribution in [2.45, 2.75) is 22.8 Å². The van der Waals surface area contributed by atoms with Gasteiger partial charge in [0.15, 0.2) is 0 Å². The lowest BCUT2D eigenvalue weighted by atomic mass is 9.25. The summed E-state index contributed by atoms with van der Waals surface area (Å²) in [6.07, 6.45) is 0.751. The molecule has 10 heteroatoms. The van der Waals surface area contributed by atoms with Gasteiger partial charge in [0.05, 0.1) is 21.6 Å². The summed E-state index contributed by atoms with van der Waals surface area (Å²) < 4.78 is 0. The fourth-order valence-electron chi connectivity index (χ4n) is 4.04. The van der Waals surface area contributed by atoms with Crippen LogP contribution in [-0.4, -0.2) is 58.0 Å². The minimum atomic E-state index is -0.280. The van der Waals surface area contributed by atoms with E-state index in [9.17, 15) is 4.79 Å². The summed E-state index contributed by atoms with van der Waals surface area (Å²) in [7, 11) is 13.1. The third-order valence-electron chi connectivity index (χ3n) is 6.22. The molecule has 1 heterocycles. The van der Waals surface area contributed by atoms with E-state index in [1.807, 2.05) is 13.9 Å². The topological polar surface area (TPSA) is 58.9 Å². The lowest BCUT2D eigenvalue weighted by Crippen LogP contribution is -2.49. The van der Waals surface area contributed by atoms with E-state index in [1.165, 1.54) is 5.56 Å². The average molecular weight is 320 g/mol. The molecule has 1 aliphatic rings. The minimum Gasteiger partial charge on any atom is -0.369 e. The SMILES string of the molecule is Bc1cc(Cl)c(B)c2c3c([nH]c12)C(C(N)=O)CC(B)(B)C3(B)B. The molecule has 3 nitrogen and oxygen atoms in total. The van der Waals surface area contributed by atoms with Crippen LogP contribution >= 0.6 is 11.6 Å². The molecule has 1 atom stereocenters. The van der Waals surface area contributed by atoms with E-state index in [0.29, 0.717) is 0 Å². The predicted molar refractivity (Wildman–Crippen MR) is 115 cm³/mol. The van der Waals surface area contributed by atoms with Crippen LogP contribution in [0.4, 0.5) is 0 Å². The first-order valence-electron chi connectivity index (χ1n) is 8.10. The molecule has 1 aliphatic carbocycles. The summed E-state index contributed by atoms with van der Waals surface area (Å²) in [6, 6.07) is 1.98. The Kier molecular flexibility index (Phi) is 3.61. The average Bonchev–Trinajstić information content (AvgIpc) is 2.82. The molecule has 112 valence electrons. The van der Waals surface area contributed by atoms with E-state index < -0.39 is 0 Å². The number of carbonyl (C=O) groups is 1. The molecule has 0 fully saturated rings. The first kappa shape index (κ1) is 16.8. The Hall–Kier alpha value is -1.09. The number of carbonyl (C=O) groups excluding carboxylic acids is 1. The zero-order valence-corrected chi connectivity index (χ0v) is 15.5. The van der Waals surface area contributed by atoms with Crippen LogP contribution in [0.2, 0.25) is 10.2 Å². The minimum absolute atomic E-state index is 0.0442. The molecule has 0 saturated carbocycles. The molecule has 0 bridgehead atoms. The quantitative estimate of drug-likeness (QED) is 0.509. The molecule has 1 aromatic heterocycles. The molecule has 1 aromatic carbocycles. The van der Waals surface area contributed by atoms with Gasteiger partial charge in [-0.1, -0.05) is 33.0 Å². The first-order valence-corrected chi connectivity index (χ1v) is 8.48. The van der Waals surface area contributed by atoms with E-state index in [-0.39, 0.29) is 22.3 Å². The van der Waals surface area contributed by atoms with Crippen LogP contribution in [0.5, 0.6) is 0 Å². The summed E-state index contributed by atoms with van der Waals surface area (Å²) in [6.45, 7) is 0. The van der Waals surface area contributed by atoms with Gasteiger partial charge in [-0.05, 0) is 23.4 Å². The second-order valence-electron chi connectivity index (χ2n) is 8.13. The standard InChI is InChI=1S/C13H19B6ClN2O/c14-4-1-5(20)8(15)6-7-9(22-10(4)6)3(11(21)23)2-12(16,17)13(7,18)19/h1,3,22H,2,14-19H2,(H2,21,23). The van der Waals surface area contributed by atoms with Crippen LogP contribution < -0.4 is 16.7 Å². The second-order valence-corrected chi connectivity index (χ2v) is 8.54. The van der Waals surface area contributed by atoms with Crippen molar-refractivity contribution in [3.05, 3.63) is 22.3 Å². The number of rotatable bonds is 1. The Morgan fingerprint density at radius 2 is 1.91 bits per heavy atom. The summed E-state index contributed by atoms with van der Waals surface area (Å²) in [5.74, 6) is -0.541. The van der Waals surface area contributed by atoms with Crippen LogP contribution in [0, 0.1) is 0 Å². The van der Waals surface area contributed by atoms with Gasteiger partial charge < -0.3 is 10.7 Å². The lowest BCUT2D eigenvalue weighted by Gasteiger charge is -2.49. The highest BCUT2D eigenvalue weighted by Crippen LogP contribution is 2.53. The fraction of sp³-hybridized carbons (Fsp3) is 0.308. The van der Waals surface area contributed by atoms with Crippen molar-refractivity contribution >= 4 is 86.4 Å². The van der Waals surface area contributed by atoms with Gasteiger partial charge in [0, 0.05) is 16.2 Å². The Morgan fingerprint density at radius 1 is 1.30 bits per heavy atom. The number of aromatic amines is 1. The normalized spacial score (nSPS) is 21.9. The van der Waals surface area contributed by atoms with E-state index in [0.717, 1.165) is 39.0 Å². The van der Waals surface area contributed by atoms with Gasteiger partial charge in [-0.3, -0.25) is 4.79 Å². The molecule has 1 amide bonds. The predicted octanol–water partition coefficient (Wildman–Crippen LogP) is -4.89. The number of amides is 1. The zero-order valence-electron chi connectivity index (χ0n) is 14.7. The third kappa shape index (κ3) is 2.15. The van der Waals surface area contributed by atoms with Crippen LogP contribution in [0.3, 0.4) is 0 Å². The van der Waals surface area contributed by atoms with Crippen molar-refractivity contribution in [2.24, 2.45) is 5.73 Å². The van der Waals surface area contributed by atoms with Gasteiger partial charge in [-0.2, -0.15) is 0 Å². The molecule has 0 aliphatic heterocycles. The maximum absolute atomic E-state index is 12.1. The molecule has 0 radical (unpaired) electrons. The van der Waals surface area contributed by atoms with Gasteiger partial charge in [-0.25, -0.2) is 0 Å². The highest BCUT2D eigenvalue weighted by Gasteiger charge is 2.48. The number of fused-ring (bicyclic) bond motifs is 3. The van der Waals surface area contributed by atoms with Crippen molar-refractivity contribution in [3.8, 4) is 0 Å². The smallest absolute Gasteiger partial charge is 0.226 e. The first-order chi connectivity index (χ1) is 10.5.